The van der Waals surface area contributed by atoms with E-state index >= 15 is 0 Å². The maximum Gasteiger partial charge on any atom is 0.150 e. The summed E-state index contributed by atoms with van der Waals surface area (Å²) in [5, 5.41) is 21.3. The van der Waals surface area contributed by atoms with E-state index in [1.807, 2.05) is 21.1 Å². The molecule has 1 unspecified atom stereocenters. The van der Waals surface area contributed by atoms with E-state index in [2.05, 4.69) is 22.9 Å². The Bertz CT molecular complexity index is 182. The van der Waals surface area contributed by atoms with Crippen molar-refractivity contribution in [2.45, 2.75) is 44.1 Å². The van der Waals surface area contributed by atoms with E-state index in [4.69, 9.17) is 0 Å². The predicted molar refractivity (Wildman–Crippen MR) is 60.4 cm³/mol. The first-order valence-corrected chi connectivity index (χ1v) is 5.66. The maximum absolute atomic E-state index is 10.4. The van der Waals surface area contributed by atoms with E-state index in [0.717, 1.165) is 25.7 Å². The number of nitrogens with zero attached hydrogens (tertiary/aromatic N) is 1. The number of hydrogen-bond acceptors (Lipinski definition) is 5. The Balaban J connectivity index is 2.95. The van der Waals surface area contributed by atoms with Crippen molar-refractivity contribution in [1.82, 2.24) is 21.0 Å². The van der Waals surface area contributed by atoms with Gasteiger partial charge in [0.25, 0.3) is 0 Å². The first-order chi connectivity index (χ1) is 7.10. The van der Waals surface area contributed by atoms with Gasteiger partial charge >= 0.3 is 0 Å². The van der Waals surface area contributed by atoms with E-state index in [-0.39, 0.29) is 5.66 Å². The molecule has 0 saturated carbocycles. The molecule has 0 aromatic heterocycles. The second-order valence-corrected chi connectivity index (χ2v) is 4.16. The quantitative estimate of drug-likeness (QED) is 0.509. The average Bonchev–Trinajstić information content (AvgIpc) is 2.30. The molecule has 1 saturated heterocycles. The molecule has 0 radical (unpaired) electrons. The summed E-state index contributed by atoms with van der Waals surface area (Å²) >= 11 is 0. The smallest absolute Gasteiger partial charge is 0.150 e. The minimum Gasteiger partial charge on any atom is -0.309 e. The van der Waals surface area contributed by atoms with E-state index in [0.29, 0.717) is 0 Å². The van der Waals surface area contributed by atoms with E-state index < -0.39 is 5.79 Å². The van der Waals surface area contributed by atoms with Crippen molar-refractivity contribution in [1.29, 1.82) is 0 Å². The van der Waals surface area contributed by atoms with Gasteiger partial charge in [0.05, 0.1) is 5.66 Å². The lowest BCUT2D eigenvalue weighted by Gasteiger charge is -2.53. The molecule has 0 spiro atoms. The lowest BCUT2D eigenvalue weighted by Crippen LogP contribution is -2.75. The zero-order chi connectivity index (χ0) is 11.5. The lowest BCUT2D eigenvalue weighted by molar-refractivity contribution is -0.287. The predicted octanol–water partition coefficient (Wildman–Crippen LogP) is 0.280. The monoisotopic (exact) mass is 216 g/mol. The molecule has 0 bridgehead atoms. The van der Waals surface area contributed by atoms with Crippen molar-refractivity contribution in [3.8, 4) is 0 Å². The molecule has 1 aliphatic rings. The van der Waals surface area contributed by atoms with Crippen LogP contribution < -0.4 is 16.0 Å². The van der Waals surface area contributed by atoms with Crippen molar-refractivity contribution >= 4 is 0 Å². The zero-order valence-electron chi connectivity index (χ0n) is 10.2. The highest BCUT2D eigenvalue weighted by atomic mass is 16.5. The fourth-order valence-electron chi connectivity index (χ4n) is 2.53. The molecule has 1 atom stereocenters. The highest BCUT2D eigenvalue weighted by molar-refractivity contribution is 4.95. The van der Waals surface area contributed by atoms with Crippen molar-refractivity contribution in [3.05, 3.63) is 0 Å². The Morgan fingerprint density at radius 2 is 1.73 bits per heavy atom. The third kappa shape index (κ3) is 1.90. The highest BCUT2D eigenvalue weighted by Crippen LogP contribution is 2.34. The van der Waals surface area contributed by atoms with Crippen LogP contribution in [0.5, 0.6) is 0 Å². The molecular weight excluding hydrogens is 192 g/mol. The molecule has 0 aromatic rings. The summed E-state index contributed by atoms with van der Waals surface area (Å²) in [6, 6.07) is 0. The molecule has 90 valence electrons. The van der Waals surface area contributed by atoms with Gasteiger partial charge in [-0.3, -0.25) is 10.6 Å². The number of rotatable bonds is 4. The molecule has 1 aliphatic heterocycles. The summed E-state index contributed by atoms with van der Waals surface area (Å²) < 4.78 is 0. The molecule has 4 N–H and O–H groups in total. The third-order valence-corrected chi connectivity index (χ3v) is 3.77. The number of piperidine rings is 1. The number of hydroxylamine groups is 2. The van der Waals surface area contributed by atoms with Gasteiger partial charge in [0.2, 0.25) is 0 Å². The number of nitrogens with one attached hydrogen (secondary N) is 3. The first-order valence-electron chi connectivity index (χ1n) is 5.66. The first kappa shape index (κ1) is 12.9. The van der Waals surface area contributed by atoms with Gasteiger partial charge in [-0.15, -0.1) is 5.06 Å². The van der Waals surface area contributed by atoms with Gasteiger partial charge in [-0.05, 0) is 46.8 Å². The second kappa shape index (κ2) is 4.76. The maximum atomic E-state index is 10.4. The summed E-state index contributed by atoms with van der Waals surface area (Å²) in [4.78, 5) is 0. The van der Waals surface area contributed by atoms with Crippen LogP contribution in [0.1, 0.15) is 32.6 Å². The van der Waals surface area contributed by atoms with E-state index in [9.17, 15) is 5.21 Å². The summed E-state index contributed by atoms with van der Waals surface area (Å²) in [6.45, 7) is 2.08. The van der Waals surface area contributed by atoms with Gasteiger partial charge < -0.3 is 10.5 Å². The van der Waals surface area contributed by atoms with Crippen LogP contribution in [-0.2, 0) is 0 Å². The van der Waals surface area contributed by atoms with Crippen LogP contribution >= 0.6 is 0 Å². The number of hydrogen-bond donors (Lipinski definition) is 4. The molecular formula is C10H24N4O. The normalized spacial score (nSPS) is 31.8. The van der Waals surface area contributed by atoms with Gasteiger partial charge in [-0.1, -0.05) is 6.92 Å². The molecule has 0 aliphatic carbocycles. The zero-order valence-corrected chi connectivity index (χ0v) is 10.2. The van der Waals surface area contributed by atoms with Gasteiger partial charge in [-0.2, -0.15) is 0 Å². The SMILES string of the molecule is CCC1(NC)CCCC(NC)(NC)N1O. The summed E-state index contributed by atoms with van der Waals surface area (Å²) in [6.07, 6.45) is 3.79. The van der Waals surface area contributed by atoms with Crippen LogP contribution in [0.2, 0.25) is 0 Å². The van der Waals surface area contributed by atoms with Crippen molar-refractivity contribution in [2.75, 3.05) is 21.1 Å². The molecule has 1 heterocycles. The highest BCUT2D eigenvalue weighted by Gasteiger charge is 2.48. The Labute approximate surface area is 92.2 Å². The van der Waals surface area contributed by atoms with Crippen LogP contribution in [0.3, 0.4) is 0 Å². The fraction of sp³-hybridized carbons (Fsp3) is 1.00. The fourth-order valence-corrected chi connectivity index (χ4v) is 2.53. The van der Waals surface area contributed by atoms with Crippen LogP contribution in [0.4, 0.5) is 0 Å². The van der Waals surface area contributed by atoms with Crippen molar-refractivity contribution in [2.24, 2.45) is 0 Å². The molecule has 0 amide bonds. The topological polar surface area (TPSA) is 59.6 Å². The Morgan fingerprint density at radius 1 is 1.13 bits per heavy atom. The van der Waals surface area contributed by atoms with Crippen LogP contribution in [0.15, 0.2) is 0 Å². The largest absolute Gasteiger partial charge is 0.309 e. The lowest BCUT2D eigenvalue weighted by atomic mass is 9.90. The Morgan fingerprint density at radius 3 is 2.13 bits per heavy atom. The van der Waals surface area contributed by atoms with Crippen LogP contribution in [0, 0.1) is 0 Å². The average molecular weight is 216 g/mol. The van der Waals surface area contributed by atoms with Gasteiger partial charge in [0.15, 0.2) is 0 Å². The van der Waals surface area contributed by atoms with Gasteiger partial charge in [0.1, 0.15) is 5.79 Å². The van der Waals surface area contributed by atoms with Crippen LogP contribution in [-0.4, -0.2) is 42.9 Å². The van der Waals surface area contributed by atoms with Crippen molar-refractivity contribution in [3.63, 3.8) is 0 Å². The van der Waals surface area contributed by atoms with Gasteiger partial charge in [0, 0.05) is 0 Å². The molecule has 5 heteroatoms. The standard InChI is InChI=1S/C10H24N4O/c1-5-9(11-2)7-6-8-10(12-3,13-4)14(9)15/h11-13,15H,5-8H2,1-4H3. The van der Waals surface area contributed by atoms with Crippen LogP contribution in [0.25, 0.3) is 0 Å². The third-order valence-electron chi connectivity index (χ3n) is 3.77. The molecule has 0 aromatic carbocycles. The summed E-state index contributed by atoms with van der Waals surface area (Å²) in [5.74, 6) is -0.517. The minimum atomic E-state index is -0.517. The second-order valence-electron chi connectivity index (χ2n) is 4.16. The van der Waals surface area contributed by atoms with Gasteiger partial charge in [-0.25, -0.2) is 0 Å². The van der Waals surface area contributed by atoms with Crippen molar-refractivity contribution < 1.29 is 5.21 Å². The van der Waals surface area contributed by atoms with E-state index in [1.54, 1.807) is 0 Å². The molecule has 1 fully saturated rings. The summed E-state index contributed by atoms with van der Waals surface area (Å²) in [5.41, 5.74) is -0.329. The summed E-state index contributed by atoms with van der Waals surface area (Å²) in [7, 11) is 5.62. The minimum absolute atomic E-state index is 0.329. The molecule has 1 rings (SSSR count). The Kier molecular flexibility index (Phi) is 4.08. The van der Waals surface area contributed by atoms with E-state index in [1.165, 1.54) is 5.06 Å². The Hall–Kier alpha value is -0.200. The molecule has 5 nitrogen and oxygen atoms in total. The molecule has 15 heavy (non-hydrogen) atoms.